The van der Waals surface area contributed by atoms with Crippen molar-refractivity contribution in [2.45, 2.75) is 50.0 Å². The van der Waals surface area contributed by atoms with Crippen molar-refractivity contribution in [3.05, 3.63) is 29.6 Å². The molecule has 11 heteroatoms. The Labute approximate surface area is 188 Å². The van der Waals surface area contributed by atoms with Gasteiger partial charge in [-0.15, -0.1) is 10.2 Å². The van der Waals surface area contributed by atoms with E-state index in [-0.39, 0.29) is 23.3 Å². The van der Waals surface area contributed by atoms with E-state index in [0.717, 1.165) is 30.8 Å². The fourth-order valence-corrected chi connectivity index (χ4v) is 4.48. The van der Waals surface area contributed by atoms with Crippen molar-refractivity contribution in [1.82, 2.24) is 14.8 Å². The fourth-order valence-electron chi connectivity index (χ4n) is 3.67. The number of alkyl halides is 3. The van der Waals surface area contributed by atoms with Gasteiger partial charge in [0, 0.05) is 25.0 Å². The molecule has 1 saturated heterocycles. The minimum atomic E-state index is -4.49. The second-order valence-corrected chi connectivity index (χ2v) is 9.21. The van der Waals surface area contributed by atoms with E-state index in [1.165, 1.54) is 17.8 Å². The first kappa shape index (κ1) is 22.9. The molecule has 1 aliphatic carbocycles. The zero-order valence-electron chi connectivity index (χ0n) is 18.0. The number of anilines is 2. The van der Waals surface area contributed by atoms with E-state index in [2.05, 4.69) is 20.1 Å². The first-order chi connectivity index (χ1) is 15.2. The molecule has 2 aliphatic rings. The molecule has 2 fully saturated rings. The SMILES string of the molecule is CC(C)c1nnc(SCC(=O)Nc2cc(C(F)(F)F)ccc2N2CCOCC2)n1C1CC1. The van der Waals surface area contributed by atoms with Gasteiger partial charge in [0.05, 0.1) is 35.9 Å². The lowest BCUT2D eigenvalue weighted by atomic mass is 10.1. The Morgan fingerprint density at radius 1 is 1.25 bits per heavy atom. The van der Waals surface area contributed by atoms with Crippen LogP contribution in [0.3, 0.4) is 0 Å². The van der Waals surface area contributed by atoms with Gasteiger partial charge in [0.25, 0.3) is 0 Å². The predicted octanol–water partition coefficient (Wildman–Crippen LogP) is 4.32. The Balaban J connectivity index is 1.50. The van der Waals surface area contributed by atoms with Crippen molar-refractivity contribution in [1.29, 1.82) is 0 Å². The highest BCUT2D eigenvalue weighted by atomic mass is 32.2. The molecule has 2 heterocycles. The standard InChI is InChI=1S/C21H26F3N5O2S/c1-13(2)19-26-27-20(29(19)15-4-5-15)32-12-18(30)25-16-11-14(21(22,23)24)3-6-17(16)28-7-9-31-10-8-28/h3,6,11,13,15H,4-5,7-10,12H2,1-2H3,(H,25,30). The average Bonchev–Trinajstić information content (AvgIpc) is 3.50. The number of morpholine rings is 1. The van der Waals surface area contributed by atoms with Crippen molar-refractivity contribution < 1.29 is 22.7 Å². The van der Waals surface area contributed by atoms with Gasteiger partial charge in [-0.25, -0.2) is 0 Å². The maximum atomic E-state index is 13.3. The minimum absolute atomic E-state index is 0.0295. The number of amides is 1. The number of benzene rings is 1. The molecule has 1 amide bonds. The van der Waals surface area contributed by atoms with Crippen molar-refractivity contribution >= 4 is 29.0 Å². The quantitative estimate of drug-likeness (QED) is 0.609. The Morgan fingerprint density at radius 3 is 2.59 bits per heavy atom. The Hall–Kier alpha value is -2.27. The second kappa shape index (κ2) is 9.30. The van der Waals surface area contributed by atoms with E-state index in [1.807, 2.05) is 18.7 Å². The molecule has 0 unspecified atom stereocenters. The van der Waals surface area contributed by atoms with E-state index in [9.17, 15) is 18.0 Å². The average molecular weight is 470 g/mol. The zero-order valence-corrected chi connectivity index (χ0v) is 18.8. The van der Waals surface area contributed by atoms with Crippen molar-refractivity contribution in [2.75, 3.05) is 42.3 Å². The molecule has 0 spiro atoms. The molecule has 0 atom stereocenters. The van der Waals surface area contributed by atoms with Gasteiger partial charge >= 0.3 is 6.18 Å². The van der Waals surface area contributed by atoms with E-state index < -0.39 is 11.7 Å². The Morgan fingerprint density at radius 2 is 1.97 bits per heavy atom. The highest BCUT2D eigenvalue weighted by Crippen LogP contribution is 2.40. The smallest absolute Gasteiger partial charge is 0.378 e. The molecular weight excluding hydrogens is 443 g/mol. The molecule has 1 saturated carbocycles. The normalized spacial score (nSPS) is 17.1. The number of aromatic nitrogens is 3. The van der Waals surface area contributed by atoms with E-state index in [1.54, 1.807) is 0 Å². The predicted molar refractivity (Wildman–Crippen MR) is 116 cm³/mol. The lowest BCUT2D eigenvalue weighted by Crippen LogP contribution is -2.37. The molecule has 4 rings (SSSR count). The number of nitrogens with one attached hydrogen (secondary N) is 1. The van der Waals surface area contributed by atoms with Crippen molar-refractivity contribution in [3.8, 4) is 0 Å². The molecule has 0 bridgehead atoms. The third kappa shape index (κ3) is 5.20. The van der Waals surface area contributed by atoms with Gasteiger partial charge in [0.1, 0.15) is 5.82 Å². The molecule has 32 heavy (non-hydrogen) atoms. The lowest BCUT2D eigenvalue weighted by Gasteiger charge is -2.31. The van der Waals surface area contributed by atoms with E-state index >= 15 is 0 Å². The molecule has 0 radical (unpaired) electrons. The maximum Gasteiger partial charge on any atom is 0.416 e. The van der Waals surface area contributed by atoms with Gasteiger partial charge in [0.2, 0.25) is 5.91 Å². The van der Waals surface area contributed by atoms with Gasteiger partial charge in [-0.05, 0) is 31.0 Å². The molecule has 1 N–H and O–H groups in total. The maximum absolute atomic E-state index is 13.3. The number of halogens is 3. The van der Waals surface area contributed by atoms with Crippen LogP contribution in [0.1, 0.15) is 50.0 Å². The number of thioether (sulfide) groups is 1. The third-order valence-electron chi connectivity index (χ3n) is 5.40. The summed E-state index contributed by atoms with van der Waals surface area (Å²) in [6, 6.07) is 3.82. The van der Waals surface area contributed by atoms with Crippen LogP contribution < -0.4 is 10.2 Å². The van der Waals surface area contributed by atoms with Crippen molar-refractivity contribution in [2.24, 2.45) is 0 Å². The van der Waals surface area contributed by atoms with Gasteiger partial charge in [-0.2, -0.15) is 13.2 Å². The molecule has 7 nitrogen and oxygen atoms in total. The van der Waals surface area contributed by atoms with Gasteiger partial charge in [-0.1, -0.05) is 25.6 Å². The van der Waals surface area contributed by atoms with Gasteiger partial charge in [0.15, 0.2) is 5.16 Å². The summed E-state index contributed by atoms with van der Waals surface area (Å²) in [6.45, 7) is 6.16. The second-order valence-electron chi connectivity index (χ2n) is 8.26. The molecular formula is C21H26F3N5O2S. The van der Waals surface area contributed by atoms with Crippen LogP contribution in [0.2, 0.25) is 0 Å². The number of rotatable bonds is 7. The number of carbonyl (C=O) groups excluding carboxylic acids is 1. The van der Waals surface area contributed by atoms with Gasteiger partial charge < -0.3 is 19.5 Å². The minimum Gasteiger partial charge on any atom is -0.378 e. The van der Waals surface area contributed by atoms with E-state index in [4.69, 9.17) is 4.74 Å². The molecule has 2 aromatic rings. The lowest BCUT2D eigenvalue weighted by molar-refractivity contribution is -0.137. The van der Waals surface area contributed by atoms with Crippen LogP contribution in [-0.4, -0.2) is 52.7 Å². The highest BCUT2D eigenvalue weighted by Gasteiger charge is 2.32. The fraction of sp³-hybridized carbons (Fsp3) is 0.571. The van der Waals surface area contributed by atoms with Crippen LogP contribution in [-0.2, 0) is 15.7 Å². The first-order valence-electron chi connectivity index (χ1n) is 10.7. The topological polar surface area (TPSA) is 72.3 Å². The molecule has 174 valence electrons. The Bertz CT molecular complexity index is 969. The number of carbonyl (C=O) groups is 1. The zero-order chi connectivity index (χ0) is 22.9. The third-order valence-corrected chi connectivity index (χ3v) is 6.34. The highest BCUT2D eigenvalue weighted by molar-refractivity contribution is 7.99. The summed E-state index contributed by atoms with van der Waals surface area (Å²) in [5.41, 5.74) is -0.0886. The van der Waals surface area contributed by atoms with Crippen LogP contribution in [0, 0.1) is 0 Å². The summed E-state index contributed by atoms with van der Waals surface area (Å²) in [5, 5.41) is 11.9. The van der Waals surface area contributed by atoms with Crippen molar-refractivity contribution in [3.63, 3.8) is 0 Å². The first-order valence-corrected chi connectivity index (χ1v) is 11.6. The summed E-state index contributed by atoms with van der Waals surface area (Å²) in [4.78, 5) is 14.6. The van der Waals surface area contributed by atoms with Crippen LogP contribution >= 0.6 is 11.8 Å². The van der Waals surface area contributed by atoms with Crippen LogP contribution in [0.15, 0.2) is 23.4 Å². The summed E-state index contributed by atoms with van der Waals surface area (Å²) in [7, 11) is 0. The van der Waals surface area contributed by atoms with Crippen LogP contribution in [0.25, 0.3) is 0 Å². The number of ether oxygens (including phenoxy) is 1. The van der Waals surface area contributed by atoms with Crippen LogP contribution in [0.4, 0.5) is 24.5 Å². The summed E-state index contributed by atoms with van der Waals surface area (Å²) < 4.78 is 47.2. The van der Waals surface area contributed by atoms with E-state index in [0.29, 0.717) is 43.2 Å². The summed E-state index contributed by atoms with van der Waals surface area (Å²) in [5.74, 6) is 0.748. The monoisotopic (exact) mass is 469 g/mol. The largest absolute Gasteiger partial charge is 0.416 e. The molecule has 1 aromatic heterocycles. The molecule has 1 aromatic carbocycles. The number of nitrogens with zero attached hydrogens (tertiary/aromatic N) is 4. The molecule has 1 aliphatic heterocycles. The number of hydrogen-bond acceptors (Lipinski definition) is 6. The summed E-state index contributed by atoms with van der Waals surface area (Å²) in [6.07, 6.45) is -2.37. The Kier molecular flexibility index (Phi) is 6.66. The van der Waals surface area contributed by atoms with Crippen LogP contribution in [0.5, 0.6) is 0 Å². The number of hydrogen-bond donors (Lipinski definition) is 1. The summed E-state index contributed by atoms with van der Waals surface area (Å²) >= 11 is 1.25. The van der Waals surface area contributed by atoms with Gasteiger partial charge in [-0.3, -0.25) is 4.79 Å².